The van der Waals surface area contributed by atoms with Gasteiger partial charge in [0.15, 0.2) is 11.6 Å². The number of anilines is 2. The summed E-state index contributed by atoms with van der Waals surface area (Å²) in [5.41, 5.74) is 0.715. The minimum Gasteiger partial charge on any atom is -0.489 e. The van der Waals surface area contributed by atoms with Crippen LogP contribution in [-0.4, -0.2) is 23.4 Å². The predicted molar refractivity (Wildman–Crippen MR) is 128 cm³/mol. The molecule has 32 heavy (non-hydrogen) atoms. The number of ether oxygens (including phenoxy) is 1. The molecule has 0 unspecified atom stereocenters. The van der Waals surface area contributed by atoms with Crippen molar-refractivity contribution in [1.29, 1.82) is 0 Å². The molecule has 8 heteroatoms. The van der Waals surface area contributed by atoms with Crippen molar-refractivity contribution in [3.63, 3.8) is 0 Å². The van der Waals surface area contributed by atoms with Crippen LogP contribution in [0.15, 0.2) is 54.0 Å². The van der Waals surface area contributed by atoms with E-state index in [4.69, 9.17) is 16.3 Å². The van der Waals surface area contributed by atoms with E-state index in [1.165, 1.54) is 43.4 Å². The second-order valence-electron chi connectivity index (χ2n) is 7.75. The van der Waals surface area contributed by atoms with Crippen molar-refractivity contribution in [3.05, 3.63) is 69.5 Å². The van der Waals surface area contributed by atoms with Crippen molar-refractivity contribution >= 4 is 46.3 Å². The average molecular weight is 470 g/mol. The van der Waals surface area contributed by atoms with Crippen LogP contribution in [0.3, 0.4) is 0 Å². The predicted octanol–water partition coefficient (Wildman–Crippen LogP) is 6.26. The minimum atomic E-state index is -0.366. The second kappa shape index (κ2) is 10.6. The zero-order valence-electron chi connectivity index (χ0n) is 17.5. The van der Waals surface area contributed by atoms with Crippen LogP contribution in [-0.2, 0) is 0 Å². The fourth-order valence-electron chi connectivity index (χ4n) is 3.70. The van der Waals surface area contributed by atoms with Gasteiger partial charge in [0.05, 0.1) is 22.2 Å². The Kier molecular flexibility index (Phi) is 7.39. The first-order chi connectivity index (χ1) is 15.6. The molecule has 1 aliphatic rings. The Morgan fingerprint density at radius 1 is 1.06 bits per heavy atom. The van der Waals surface area contributed by atoms with E-state index in [2.05, 4.69) is 15.6 Å². The Hall–Kier alpha value is -2.90. The SMILES string of the molecule is O=C(Nc1ncccc1OCC1CCCCC1)c1ccc(Cl)c(NC(=O)c2cccs2)c1. The van der Waals surface area contributed by atoms with Crippen molar-refractivity contribution in [2.75, 3.05) is 17.2 Å². The smallest absolute Gasteiger partial charge is 0.265 e. The third-order valence-corrected chi connectivity index (χ3v) is 6.62. The number of carbonyl (C=O) groups is 2. The number of amides is 2. The van der Waals surface area contributed by atoms with Gasteiger partial charge < -0.3 is 15.4 Å². The summed E-state index contributed by atoms with van der Waals surface area (Å²) in [6, 6.07) is 11.8. The van der Waals surface area contributed by atoms with Gasteiger partial charge in [-0.1, -0.05) is 36.9 Å². The first-order valence-corrected chi connectivity index (χ1v) is 11.9. The van der Waals surface area contributed by atoms with Crippen molar-refractivity contribution in [2.24, 2.45) is 5.92 Å². The first-order valence-electron chi connectivity index (χ1n) is 10.6. The van der Waals surface area contributed by atoms with Gasteiger partial charge in [0.25, 0.3) is 11.8 Å². The van der Waals surface area contributed by atoms with Crippen molar-refractivity contribution < 1.29 is 14.3 Å². The first kappa shape index (κ1) is 22.3. The lowest BCUT2D eigenvalue weighted by Gasteiger charge is -2.22. The maximum atomic E-state index is 12.9. The number of rotatable bonds is 7. The summed E-state index contributed by atoms with van der Waals surface area (Å²) in [5, 5.41) is 7.74. The van der Waals surface area contributed by atoms with Gasteiger partial charge in [-0.15, -0.1) is 11.3 Å². The molecular formula is C24H24ClN3O3S. The Morgan fingerprint density at radius 3 is 2.69 bits per heavy atom. The summed E-state index contributed by atoms with van der Waals surface area (Å²) in [6.45, 7) is 0.619. The number of carbonyl (C=O) groups excluding carboxylic acids is 2. The topological polar surface area (TPSA) is 80.3 Å². The number of hydrogen-bond acceptors (Lipinski definition) is 5. The zero-order chi connectivity index (χ0) is 22.3. The van der Waals surface area contributed by atoms with Crippen molar-refractivity contribution in [3.8, 4) is 5.75 Å². The molecular weight excluding hydrogens is 446 g/mol. The lowest BCUT2D eigenvalue weighted by Crippen LogP contribution is -2.18. The molecule has 3 aromatic rings. The highest BCUT2D eigenvalue weighted by Gasteiger charge is 2.17. The Balaban J connectivity index is 1.44. The van der Waals surface area contributed by atoms with Crippen LogP contribution in [0.5, 0.6) is 5.75 Å². The summed E-state index contributed by atoms with van der Waals surface area (Å²) < 4.78 is 6.00. The van der Waals surface area contributed by atoms with Crippen LogP contribution in [0, 0.1) is 5.92 Å². The number of pyridine rings is 1. The highest BCUT2D eigenvalue weighted by atomic mass is 35.5. The monoisotopic (exact) mass is 469 g/mol. The third-order valence-electron chi connectivity index (χ3n) is 5.42. The Labute approximate surface area is 196 Å². The zero-order valence-corrected chi connectivity index (χ0v) is 19.0. The molecule has 2 N–H and O–H groups in total. The molecule has 0 bridgehead atoms. The van der Waals surface area contributed by atoms with E-state index < -0.39 is 0 Å². The number of nitrogens with one attached hydrogen (secondary N) is 2. The minimum absolute atomic E-state index is 0.275. The van der Waals surface area contributed by atoms with Crippen LogP contribution in [0.2, 0.25) is 5.02 Å². The highest BCUT2D eigenvalue weighted by Crippen LogP contribution is 2.28. The third kappa shape index (κ3) is 5.66. The van der Waals surface area contributed by atoms with Crippen molar-refractivity contribution in [1.82, 2.24) is 4.98 Å². The fourth-order valence-corrected chi connectivity index (χ4v) is 4.48. The molecule has 0 aliphatic heterocycles. The number of nitrogens with zero attached hydrogens (tertiary/aromatic N) is 1. The standard InChI is InChI=1S/C24H24ClN3O3S/c25-18-11-10-17(14-19(18)27-24(30)21-9-5-13-32-21)23(29)28-22-20(8-4-12-26-22)31-15-16-6-2-1-3-7-16/h4-5,8-14,16H,1-3,6-7,15H2,(H,27,30)(H,26,28,29). The van der Waals surface area contributed by atoms with E-state index in [0.717, 1.165) is 0 Å². The van der Waals surface area contributed by atoms with Crippen LogP contribution in [0.1, 0.15) is 52.1 Å². The van der Waals surface area contributed by atoms with E-state index in [1.807, 2.05) is 5.38 Å². The maximum absolute atomic E-state index is 12.9. The molecule has 0 atom stereocenters. The second-order valence-corrected chi connectivity index (χ2v) is 9.10. The van der Waals surface area contributed by atoms with Crippen LogP contribution in [0.4, 0.5) is 11.5 Å². The van der Waals surface area contributed by atoms with Crippen LogP contribution < -0.4 is 15.4 Å². The van der Waals surface area contributed by atoms with Gasteiger partial charge in [-0.25, -0.2) is 4.98 Å². The van der Waals surface area contributed by atoms with E-state index >= 15 is 0 Å². The van der Waals surface area contributed by atoms with Crippen LogP contribution >= 0.6 is 22.9 Å². The molecule has 1 fully saturated rings. The molecule has 1 aliphatic carbocycles. The number of halogens is 1. The summed E-state index contributed by atoms with van der Waals surface area (Å²) in [7, 11) is 0. The largest absolute Gasteiger partial charge is 0.489 e. The molecule has 0 saturated heterocycles. The fraction of sp³-hybridized carbons (Fsp3) is 0.292. The van der Waals surface area contributed by atoms with E-state index in [-0.39, 0.29) is 11.8 Å². The lowest BCUT2D eigenvalue weighted by atomic mass is 9.90. The van der Waals surface area contributed by atoms with Gasteiger partial charge in [0.1, 0.15) is 0 Å². The quantitative estimate of drug-likeness (QED) is 0.428. The number of benzene rings is 1. The molecule has 6 nitrogen and oxygen atoms in total. The van der Waals surface area contributed by atoms with Crippen molar-refractivity contribution in [2.45, 2.75) is 32.1 Å². The molecule has 166 valence electrons. The molecule has 2 aromatic heterocycles. The summed E-state index contributed by atoms with van der Waals surface area (Å²) in [6.07, 6.45) is 7.73. The van der Waals surface area contributed by atoms with Crippen LogP contribution in [0.25, 0.3) is 0 Å². The molecule has 2 amide bonds. The molecule has 2 heterocycles. The molecule has 1 aromatic carbocycles. The molecule has 1 saturated carbocycles. The van der Waals surface area contributed by atoms with Gasteiger partial charge in [0, 0.05) is 11.8 Å². The lowest BCUT2D eigenvalue weighted by molar-refractivity contribution is 0.101. The number of aromatic nitrogens is 1. The Bertz CT molecular complexity index is 1080. The molecule has 4 rings (SSSR count). The molecule has 0 spiro atoms. The maximum Gasteiger partial charge on any atom is 0.265 e. The van der Waals surface area contributed by atoms with Gasteiger partial charge >= 0.3 is 0 Å². The summed E-state index contributed by atoms with van der Waals surface area (Å²) in [5.74, 6) is 0.814. The Morgan fingerprint density at radius 2 is 1.91 bits per heavy atom. The van der Waals surface area contributed by atoms with E-state index in [0.29, 0.717) is 45.2 Å². The normalized spacial score (nSPS) is 14.0. The average Bonchev–Trinajstić information content (AvgIpc) is 3.36. The summed E-state index contributed by atoms with van der Waals surface area (Å²) >= 11 is 7.56. The van der Waals surface area contributed by atoms with Gasteiger partial charge in [-0.05, 0) is 60.5 Å². The van der Waals surface area contributed by atoms with E-state index in [9.17, 15) is 9.59 Å². The number of thiophene rings is 1. The van der Waals surface area contributed by atoms with Gasteiger partial charge in [0.2, 0.25) is 0 Å². The highest BCUT2D eigenvalue weighted by molar-refractivity contribution is 7.12. The van der Waals surface area contributed by atoms with Gasteiger partial charge in [-0.3, -0.25) is 9.59 Å². The van der Waals surface area contributed by atoms with Gasteiger partial charge in [-0.2, -0.15) is 0 Å². The summed E-state index contributed by atoms with van der Waals surface area (Å²) in [4.78, 5) is 30.1. The number of hydrogen-bond donors (Lipinski definition) is 2. The molecule has 0 radical (unpaired) electrons. The van der Waals surface area contributed by atoms with E-state index in [1.54, 1.807) is 48.7 Å².